The van der Waals surface area contributed by atoms with E-state index in [-0.39, 0.29) is 5.91 Å². The summed E-state index contributed by atoms with van der Waals surface area (Å²) in [6, 6.07) is 15.3. The van der Waals surface area contributed by atoms with E-state index in [2.05, 4.69) is 15.6 Å². The van der Waals surface area contributed by atoms with Crippen LogP contribution in [0.2, 0.25) is 0 Å². The zero-order valence-corrected chi connectivity index (χ0v) is 19.3. The Kier molecular flexibility index (Phi) is 6.55. The summed E-state index contributed by atoms with van der Waals surface area (Å²) >= 11 is 0. The molecule has 2 aromatic carbocycles. The van der Waals surface area contributed by atoms with Crippen LogP contribution in [0.3, 0.4) is 0 Å². The molecule has 0 saturated carbocycles. The number of nitrogens with one attached hydrogen (secondary N) is 2. The van der Waals surface area contributed by atoms with Gasteiger partial charge in [0.1, 0.15) is 11.4 Å². The van der Waals surface area contributed by atoms with Crippen molar-refractivity contribution in [1.29, 1.82) is 0 Å². The molecule has 33 heavy (non-hydrogen) atoms. The smallest absolute Gasteiger partial charge is 0.251 e. The van der Waals surface area contributed by atoms with Gasteiger partial charge in [0.15, 0.2) is 0 Å². The second-order valence-corrected chi connectivity index (χ2v) is 8.07. The highest BCUT2D eigenvalue weighted by Gasteiger charge is 2.11. The van der Waals surface area contributed by atoms with E-state index in [1.807, 2.05) is 85.2 Å². The number of methoxy groups -OCH3 is 1. The van der Waals surface area contributed by atoms with Gasteiger partial charge in [0, 0.05) is 53.9 Å². The molecule has 8 heteroatoms. The van der Waals surface area contributed by atoms with Gasteiger partial charge in [0.05, 0.1) is 7.11 Å². The van der Waals surface area contributed by atoms with Crippen LogP contribution < -0.4 is 15.4 Å². The van der Waals surface area contributed by atoms with E-state index >= 15 is 0 Å². The Balaban J connectivity index is 1.61. The van der Waals surface area contributed by atoms with Gasteiger partial charge >= 0.3 is 0 Å². The standard InChI is InChI=1S/C25H28N6O2/c1-17-8-9-21(33-4)15-22(17)28-25-27-16-19-10-12-31(23(19)29-25)20-7-5-6-18(14-20)24(32)26-11-13-30(2)3/h5-10,12,14-16H,11,13H2,1-4H3,(H,26,32)(H,27,28,29). The van der Waals surface area contributed by atoms with Crippen LogP contribution in [0.4, 0.5) is 11.6 Å². The van der Waals surface area contributed by atoms with Crippen LogP contribution in [0, 0.1) is 6.92 Å². The van der Waals surface area contributed by atoms with Crippen molar-refractivity contribution in [3.8, 4) is 11.4 Å². The number of benzene rings is 2. The number of fused-ring (bicyclic) bond motifs is 1. The first kappa shape index (κ1) is 22.3. The van der Waals surface area contributed by atoms with Crippen LogP contribution in [-0.4, -0.2) is 59.6 Å². The number of ether oxygens (including phenoxy) is 1. The zero-order chi connectivity index (χ0) is 23.4. The van der Waals surface area contributed by atoms with Crippen molar-refractivity contribution in [2.45, 2.75) is 6.92 Å². The Morgan fingerprint density at radius 2 is 2.00 bits per heavy atom. The van der Waals surface area contributed by atoms with Crippen LogP contribution in [0.1, 0.15) is 15.9 Å². The molecule has 4 rings (SSSR count). The first-order valence-corrected chi connectivity index (χ1v) is 10.7. The number of hydrogen-bond acceptors (Lipinski definition) is 6. The Morgan fingerprint density at radius 3 is 2.79 bits per heavy atom. The molecule has 0 aliphatic rings. The molecule has 0 atom stereocenters. The number of aryl methyl sites for hydroxylation is 1. The molecule has 0 unspecified atom stereocenters. The lowest BCUT2D eigenvalue weighted by atomic mass is 10.2. The normalized spacial score (nSPS) is 11.1. The lowest BCUT2D eigenvalue weighted by Crippen LogP contribution is -2.31. The molecule has 0 fully saturated rings. The highest BCUT2D eigenvalue weighted by atomic mass is 16.5. The van der Waals surface area contributed by atoms with Gasteiger partial charge < -0.3 is 24.8 Å². The summed E-state index contributed by atoms with van der Waals surface area (Å²) < 4.78 is 7.28. The average Bonchev–Trinajstić information content (AvgIpc) is 3.23. The van der Waals surface area contributed by atoms with E-state index in [0.29, 0.717) is 18.1 Å². The fourth-order valence-electron chi connectivity index (χ4n) is 3.46. The molecule has 1 amide bonds. The SMILES string of the molecule is COc1ccc(C)c(Nc2ncc3ccn(-c4cccc(C(=O)NCCN(C)C)c4)c3n2)c1. The van der Waals surface area contributed by atoms with Crippen LogP contribution >= 0.6 is 0 Å². The fraction of sp³-hybridized carbons (Fsp3) is 0.240. The summed E-state index contributed by atoms with van der Waals surface area (Å²) in [6.45, 7) is 3.39. The lowest BCUT2D eigenvalue weighted by molar-refractivity contribution is 0.0951. The Hall–Kier alpha value is -3.91. The summed E-state index contributed by atoms with van der Waals surface area (Å²) in [5.74, 6) is 1.14. The molecule has 0 aliphatic heterocycles. The van der Waals surface area contributed by atoms with Crippen molar-refractivity contribution >= 4 is 28.6 Å². The summed E-state index contributed by atoms with van der Waals surface area (Å²) in [5, 5.41) is 7.15. The van der Waals surface area contributed by atoms with E-state index < -0.39 is 0 Å². The van der Waals surface area contributed by atoms with E-state index in [1.165, 1.54) is 0 Å². The third kappa shape index (κ3) is 5.12. The molecular formula is C25H28N6O2. The van der Waals surface area contributed by atoms with Gasteiger partial charge in [-0.25, -0.2) is 4.98 Å². The zero-order valence-electron chi connectivity index (χ0n) is 19.3. The number of likely N-dealkylation sites (N-methyl/N-ethyl adjacent to an activating group) is 1. The molecule has 0 radical (unpaired) electrons. The summed E-state index contributed by atoms with van der Waals surface area (Å²) in [4.78, 5) is 23.8. The Labute approximate surface area is 193 Å². The largest absolute Gasteiger partial charge is 0.497 e. The number of rotatable bonds is 8. The number of nitrogens with zero attached hydrogens (tertiary/aromatic N) is 4. The van der Waals surface area contributed by atoms with Crippen molar-refractivity contribution in [2.75, 3.05) is 39.6 Å². The van der Waals surface area contributed by atoms with Crippen LogP contribution in [0.15, 0.2) is 60.9 Å². The van der Waals surface area contributed by atoms with Gasteiger partial charge in [-0.15, -0.1) is 0 Å². The Morgan fingerprint density at radius 1 is 1.15 bits per heavy atom. The first-order chi connectivity index (χ1) is 15.9. The number of hydrogen-bond donors (Lipinski definition) is 2. The van der Waals surface area contributed by atoms with E-state index in [0.717, 1.165) is 40.3 Å². The highest BCUT2D eigenvalue weighted by Crippen LogP contribution is 2.25. The maximum absolute atomic E-state index is 12.6. The number of amides is 1. The Bertz CT molecular complexity index is 1280. The molecule has 0 bridgehead atoms. The minimum atomic E-state index is -0.0966. The van der Waals surface area contributed by atoms with E-state index in [1.54, 1.807) is 13.3 Å². The quantitative estimate of drug-likeness (QED) is 0.430. The third-order valence-corrected chi connectivity index (χ3v) is 5.35. The molecule has 170 valence electrons. The number of carbonyl (C=O) groups is 1. The van der Waals surface area contributed by atoms with Crippen LogP contribution in [0.5, 0.6) is 5.75 Å². The maximum Gasteiger partial charge on any atom is 0.251 e. The minimum Gasteiger partial charge on any atom is -0.497 e. The van der Waals surface area contributed by atoms with Gasteiger partial charge in [-0.2, -0.15) is 4.98 Å². The van der Waals surface area contributed by atoms with Crippen LogP contribution in [0.25, 0.3) is 16.7 Å². The van der Waals surface area contributed by atoms with Gasteiger partial charge in [0.2, 0.25) is 5.95 Å². The molecule has 4 aromatic rings. The van der Waals surface area contributed by atoms with Crippen molar-refractivity contribution < 1.29 is 9.53 Å². The molecule has 0 saturated heterocycles. The molecule has 0 aliphatic carbocycles. The summed E-state index contributed by atoms with van der Waals surface area (Å²) in [5.41, 5.74) is 4.14. The first-order valence-electron chi connectivity index (χ1n) is 10.7. The second-order valence-electron chi connectivity index (χ2n) is 8.07. The minimum absolute atomic E-state index is 0.0966. The van der Waals surface area contributed by atoms with Crippen molar-refractivity contribution in [2.24, 2.45) is 0 Å². The average molecular weight is 445 g/mol. The van der Waals surface area contributed by atoms with Crippen molar-refractivity contribution in [3.05, 3.63) is 72.1 Å². The summed E-state index contributed by atoms with van der Waals surface area (Å²) in [7, 11) is 5.59. The molecule has 8 nitrogen and oxygen atoms in total. The predicted octanol–water partition coefficient (Wildman–Crippen LogP) is 3.77. The van der Waals surface area contributed by atoms with Gasteiger partial charge in [-0.05, 0) is 56.9 Å². The third-order valence-electron chi connectivity index (χ3n) is 5.35. The molecule has 0 spiro atoms. The number of aromatic nitrogens is 3. The van der Waals surface area contributed by atoms with Crippen LogP contribution in [-0.2, 0) is 0 Å². The summed E-state index contributed by atoms with van der Waals surface area (Å²) in [6.07, 6.45) is 3.72. The van der Waals surface area contributed by atoms with Gasteiger partial charge in [-0.1, -0.05) is 12.1 Å². The number of carbonyl (C=O) groups excluding carboxylic acids is 1. The lowest BCUT2D eigenvalue weighted by Gasteiger charge is -2.12. The van der Waals surface area contributed by atoms with E-state index in [9.17, 15) is 4.79 Å². The van der Waals surface area contributed by atoms with E-state index in [4.69, 9.17) is 9.72 Å². The molecule has 2 aromatic heterocycles. The maximum atomic E-state index is 12.6. The van der Waals surface area contributed by atoms with Gasteiger partial charge in [0.25, 0.3) is 5.91 Å². The van der Waals surface area contributed by atoms with Gasteiger partial charge in [-0.3, -0.25) is 4.79 Å². The monoisotopic (exact) mass is 444 g/mol. The van der Waals surface area contributed by atoms with Crippen molar-refractivity contribution in [3.63, 3.8) is 0 Å². The fourth-order valence-corrected chi connectivity index (χ4v) is 3.46. The highest BCUT2D eigenvalue weighted by molar-refractivity contribution is 5.95. The second kappa shape index (κ2) is 9.70. The molecule has 2 N–H and O–H groups in total. The topological polar surface area (TPSA) is 84.3 Å². The predicted molar refractivity (Wildman–Crippen MR) is 131 cm³/mol. The molecule has 2 heterocycles. The van der Waals surface area contributed by atoms with Crippen molar-refractivity contribution in [1.82, 2.24) is 24.8 Å². The molecular weight excluding hydrogens is 416 g/mol. The number of anilines is 2.